The van der Waals surface area contributed by atoms with Gasteiger partial charge in [0, 0.05) is 5.56 Å². The minimum absolute atomic E-state index is 0.0264. The SMILES string of the molecule is CCC(Oc1ccc(C(F)(F)F)cc1-c1ccc(S(=O)(=O)CC)cc1C)C(=O)O. The Balaban J connectivity index is 2.66. The zero-order chi connectivity index (χ0) is 22.0. The van der Waals surface area contributed by atoms with Crippen LogP contribution < -0.4 is 4.74 Å². The minimum Gasteiger partial charge on any atom is -0.479 e. The van der Waals surface area contributed by atoms with Crippen molar-refractivity contribution in [2.24, 2.45) is 0 Å². The van der Waals surface area contributed by atoms with E-state index in [2.05, 4.69) is 0 Å². The van der Waals surface area contributed by atoms with Crippen LogP contribution in [0, 0.1) is 6.92 Å². The van der Waals surface area contributed by atoms with E-state index in [0.717, 1.165) is 18.2 Å². The summed E-state index contributed by atoms with van der Waals surface area (Å²) in [5.74, 6) is -1.37. The highest BCUT2D eigenvalue weighted by Gasteiger charge is 2.32. The summed E-state index contributed by atoms with van der Waals surface area (Å²) < 4.78 is 69.3. The molecule has 0 aliphatic heterocycles. The molecule has 0 bridgehead atoms. The number of alkyl halides is 3. The Kier molecular flexibility index (Phi) is 6.62. The zero-order valence-corrected chi connectivity index (χ0v) is 16.9. The van der Waals surface area contributed by atoms with Crippen molar-refractivity contribution in [1.82, 2.24) is 0 Å². The summed E-state index contributed by atoms with van der Waals surface area (Å²) >= 11 is 0. The second-order valence-corrected chi connectivity index (χ2v) is 8.72. The molecule has 2 rings (SSSR count). The largest absolute Gasteiger partial charge is 0.479 e. The Hall–Kier alpha value is -2.55. The molecular weight excluding hydrogens is 409 g/mol. The average Bonchev–Trinajstić information content (AvgIpc) is 2.65. The average molecular weight is 430 g/mol. The first-order valence-electron chi connectivity index (χ1n) is 8.85. The van der Waals surface area contributed by atoms with E-state index in [4.69, 9.17) is 4.74 Å². The lowest BCUT2D eigenvalue weighted by Crippen LogP contribution is -2.26. The first kappa shape index (κ1) is 22.7. The molecule has 1 atom stereocenters. The molecule has 0 spiro atoms. The van der Waals surface area contributed by atoms with Crippen molar-refractivity contribution in [3.05, 3.63) is 47.5 Å². The number of halogens is 3. The van der Waals surface area contributed by atoms with Gasteiger partial charge in [0.15, 0.2) is 15.9 Å². The number of carboxylic acid groups (broad SMARTS) is 1. The number of aryl methyl sites for hydroxylation is 1. The van der Waals surface area contributed by atoms with Crippen molar-refractivity contribution >= 4 is 15.8 Å². The molecule has 158 valence electrons. The molecular formula is C20H21F3O5S. The van der Waals surface area contributed by atoms with Gasteiger partial charge in [0.25, 0.3) is 0 Å². The predicted molar refractivity (Wildman–Crippen MR) is 102 cm³/mol. The van der Waals surface area contributed by atoms with Crippen LogP contribution in [0.15, 0.2) is 41.3 Å². The lowest BCUT2D eigenvalue weighted by Gasteiger charge is -2.19. The third kappa shape index (κ3) is 5.09. The molecule has 0 aromatic heterocycles. The maximum Gasteiger partial charge on any atom is 0.416 e. The van der Waals surface area contributed by atoms with Crippen molar-refractivity contribution in [2.75, 3.05) is 5.75 Å². The number of aliphatic carboxylic acids is 1. The molecule has 0 fully saturated rings. The fraction of sp³-hybridized carbons (Fsp3) is 0.350. The topological polar surface area (TPSA) is 80.7 Å². The highest BCUT2D eigenvalue weighted by atomic mass is 32.2. The molecule has 2 aromatic rings. The molecule has 0 saturated heterocycles. The van der Waals surface area contributed by atoms with Gasteiger partial charge in [0.2, 0.25) is 0 Å². The third-order valence-electron chi connectivity index (χ3n) is 4.45. The van der Waals surface area contributed by atoms with Gasteiger partial charge in [-0.1, -0.05) is 19.9 Å². The molecule has 1 unspecified atom stereocenters. The van der Waals surface area contributed by atoms with Crippen LogP contribution in [0.4, 0.5) is 13.2 Å². The van der Waals surface area contributed by atoms with Gasteiger partial charge in [-0.05, 0) is 54.8 Å². The van der Waals surface area contributed by atoms with E-state index in [0.29, 0.717) is 11.1 Å². The van der Waals surface area contributed by atoms with Crippen LogP contribution in [0.2, 0.25) is 0 Å². The number of hydrogen-bond donors (Lipinski definition) is 1. The number of hydrogen-bond acceptors (Lipinski definition) is 4. The maximum atomic E-state index is 13.2. The standard InChI is InChI=1S/C20H21F3O5S/c1-4-17(19(24)25)28-18-9-6-13(20(21,22)23)11-16(18)15-8-7-14(10-12(15)3)29(26,27)5-2/h6-11,17H,4-5H2,1-3H3,(H,24,25). The smallest absolute Gasteiger partial charge is 0.416 e. The van der Waals surface area contributed by atoms with Gasteiger partial charge in [-0.3, -0.25) is 0 Å². The van der Waals surface area contributed by atoms with E-state index in [1.807, 2.05) is 0 Å². The van der Waals surface area contributed by atoms with Gasteiger partial charge >= 0.3 is 12.1 Å². The predicted octanol–water partition coefficient (Wildman–Crippen LogP) is 4.72. The second-order valence-electron chi connectivity index (χ2n) is 6.44. The number of carboxylic acids is 1. The van der Waals surface area contributed by atoms with Gasteiger partial charge in [0.1, 0.15) is 5.75 Å². The molecule has 0 amide bonds. The Labute approximate surface area is 167 Å². The van der Waals surface area contributed by atoms with E-state index in [-0.39, 0.29) is 28.4 Å². The van der Waals surface area contributed by atoms with Crippen molar-refractivity contribution in [3.63, 3.8) is 0 Å². The molecule has 5 nitrogen and oxygen atoms in total. The third-order valence-corrected chi connectivity index (χ3v) is 6.18. The number of sulfone groups is 1. The summed E-state index contributed by atoms with van der Waals surface area (Å²) in [6.07, 6.45) is -5.72. The van der Waals surface area contributed by atoms with E-state index in [1.165, 1.54) is 25.1 Å². The summed E-state index contributed by atoms with van der Waals surface area (Å²) in [5.41, 5.74) is -0.140. The summed E-state index contributed by atoms with van der Waals surface area (Å²) in [4.78, 5) is 11.4. The molecule has 0 aliphatic carbocycles. The second kappa shape index (κ2) is 8.44. The summed E-state index contributed by atoms with van der Waals surface area (Å²) in [5, 5.41) is 9.22. The van der Waals surface area contributed by atoms with E-state index in [1.54, 1.807) is 13.8 Å². The van der Waals surface area contributed by atoms with E-state index in [9.17, 15) is 31.5 Å². The number of carbonyl (C=O) groups is 1. The first-order chi connectivity index (χ1) is 13.4. The number of rotatable bonds is 7. The highest BCUT2D eigenvalue weighted by Crippen LogP contribution is 2.39. The van der Waals surface area contributed by atoms with Crippen LogP contribution in [-0.4, -0.2) is 31.4 Å². The molecule has 0 saturated carbocycles. The van der Waals surface area contributed by atoms with E-state index < -0.39 is 33.7 Å². The van der Waals surface area contributed by atoms with Gasteiger partial charge in [-0.2, -0.15) is 13.2 Å². The molecule has 29 heavy (non-hydrogen) atoms. The number of ether oxygens (including phenoxy) is 1. The van der Waals surface area contributed by atoms with Crippen LogP contribution in [0.5, 0.6) is 5.75 Å². The van der Waals surface area contributed by atoms with Gasteiger partial charge in [-0.15, -0.1) is 0 Å². The summed E-state index contributed by atoms with van der Waals surface area (Å²) in [6, 6.07) is 6.88. The fourth-order valence-electron chi connectivity index (χ4n) is 2.78. The normalized spacial score (nSPS) is 13.2. The fourth-order valence-corrected chi connectivity index (χ4v) is 3.74. The molecule has 0 radical (unpaired) electrons. The van der Waals surface area contributed by atoms with Crippen molar-refractivity contribution in [3.8, 4) is 16.9 Å². The zero-order valence-electron chi connectivity index (χ0n) is 16.1. The Morgan fingerprint density at radius 3 is 2.24 bits per heavy atom. The monoisotopic (exact) mass is 430 g/mol. The quantitative estimate of drug-likeness (QED) is 0.688. The Morgan fingerprint density at radius 2 is 1.76 bits per heavy atom. The van der Waals surface area contributed by atoms with Crippen LogP contribution >= 0.6 is 0 Å². The molecule has 2 aromatic carbocycles. The highest BCUT2D eigenvalue weighted by molar-refractivity contribution is 7.91. The van der Waals surface area contributed by atoms with Crippen LogP contribution in [0.3, 0.4) is 0 Å². The van der Waals surface area contributed by atoms with Crippen LogP contribution in [-0.2, 0) is 20.8 Å². The maximum absolute atomic E-state index is 13.2. The van der Waals surface area contributed by atoms with Crippen LogP contribution in [0.25, 0.3) is 11.1 Å². The lowest BCUT2D eigenvalue weighted by atomic mass is 9.97. The Morgan fingerprint density at radius 1 is 1.10 bits per heavy atom. The van der Waals surface area contributed by atoms with Gasteiger partial charge < -0.3 is 9.84 Å². The molecule has 9 heteroatoms. The minimum atomic E-state index is -4.61. The van der Waals surface area contributed by atoms with E-state index >= 15 is 0 Å². The Bertz CT molecular complexity index is 1010. The lowest BCUT2D eigenvalue weighted by molar-refractivity contribution is -0.145. The van der Waals surface area contributed by atoms with Gasteiger partial charge in [-0.25, -0.2) is 13.2 Å². The summed E-state index contributed by atoms with van der Waals surface area (Å²) in [6.45, 7) is 4.65. The summed E-state index contributed by atoms with van der Waals surface area (Å²) in [7, 11) is -3.48. The molecule has 0 heterocycles. The van der Waals surface area contributed by atoms with Crippen molar-refractivity contribution in [2.45, 2.75) is 44.4 Å². The van der Waals surface area contributed by atoms with Crippen molar-refractivity contribution in [1.29, 1.82) is 0 Å². The van der Waals surface area contributed by atoms with Crippen LogP contribution in [0.1, 0.15) is 31.4 Å². The number of benzene rings is 2. The van der Waals surface area contributed by atoms with Gasteiger partial charge in [0.05, 0.1) is 16.2 Å². The first-order valence-corrected chi connectivity index (χ1v) is 10.5. The molecule has 1 N–H and O–H groups in total. The molecule has 0 aliphatic rings. The van der Waals surface area contributed by atoms with Crippen molar-refractivity contribution < 1.29 is 36.2 Å².